The molecule has 0 unspecified atom stereocenters. The summed E-state index contributed by atoms with van der Waals surface area (Å²) in [7, 11) is 0. The van der Waals surface area contributed by atoms with Gasteiger partial charge in [0.05, 0.1) is 5.69 Å². The van der Waals surface area contributed by atoms with Crippen molar-refractivity contribution in [2.45, 2.75) is 0 Å². The van der Waals surface area contributed by atoms with Crippen LogP contribution in [-0.2, 0) is 4.79 Å². The first-order valence-electron chi connectivity index (χ1n) is 9.52. The van der Waals surface area contributed by atoms with Crippen LogP contribution in [0.3, 0.4) is 0 Å². The van der Waals surface area contributed by atoms with Gasteiger partial charge in [0, 0.05) is 37.9 Å². The molecule has 1 saturated heterocycles. The van der Waals surface area contributed by atoms with E-state index < -0.39 is 0 Å². The average molecular weight is 401 g/mol. The van der Waals surface area contributed by atoms with Crippen molar-refractivity contribution in [3.8, 4) is 6.07 Å². The summed E-state index contributed by atoms with van der Waals surface area (Å²) in [6, 6.07) is 19.1. The Morgan fingerprint density at radius 2 is 1.77 bits per heavy atom. The standard InChI is InChI=1S/C22H23N7O/c23-16-20(22(24)25)27-26-18-7-9-19(10-8-18)28-12-14-29(15-13-28)21(30)11-6-17-4-2-1-3-5-17/h1-11,26H,12-15H2,(H3,24,25)/b11-6?,27-20+. The van der Waals surface area contributed by atoms with Crippen LogP contribution in [0.1, 0.15) is 5.56 Å². The molecule has 3 rings (SSSR count). The molecular weight excluding hydrogens is 378 g/mol. The number of carbonyl (C=O) groups excluding carboxylic acids is 1. The van der Waals surface area contributed by atoms with Crippen LogP contribution >= 0.6 is 0 Å². The Morgan fingerprint density at radius 1 is 1.10 bits per heavy atom. The summed E-state index contributed by atoms with van der Waals surface area (Å²) < 4.78 is 0. The van der Waals surface area contributed by atoms with Crippen molar-refractivity contribution in [2.75, 3.05) is 36.5 Å². The molecule has 1 aliphatic rings. The Hall–Kier alpha value is -4.12. The van der Waals surface area contributed by atoms with Crippen molar-refractivity contribution in [2.24, 2.45) is 10.8 Å². The second-order valence-corrected chi connectivity index (χ2v) is 6.70. The number of nitrogens with two attached hydrogens (primary N) is 1. The van der Waals surface area contributed by atoms with Crippen molar-refractivity contribution in [3.05, 3.63) is 66.2 Å². The maximum absolute atomic E-state index is 12.4. The van der Waals surface area contributed by atoms with Gasteiger partial charge < -0.3 is 15.5 Å². The van der Waals surface area contributed by atoms with Crippen LogP contribution in [-0.4, -0.2) is 48.5 Å². The largest absolute Gasteiger partial charge is 0.382 e. The number of nitrogens with one attached hydrogen (secondary N) is 2. The van der Waals surface area contributed by atoms with E-state index >= 15 is 0 Å². The Bertz CT molecular complexity index is 982. The first-order chi connectivity index (χ1) is 14.6. The monoisotopic (exact) mass is 401 g/mol. The predicted molar refractivity (Wildman–Crippen MR) is 119 cm³/mol. The fourth-order valence-electron chi connectivity index (χ4n) is 3.03. The van der Waals surface area contributed by atoms with Crippen LogP contribution in [0.2, 0.25) is 0 Å². The van der Waals surface area contributed by atoms with Gasteiger partial charge in [0.2, 0.25) is 11.6 Å². The molecule has 30 heavy (non-hydrogen) atoms. The van der Waals surface area contributed by atoms with Gasteiger partial charge in [-0.15, -0.1) is 0 Å². The zero-order chi connectivity index (χ0) is 21.3. The van der Waals surface area contributed by atoms with Crippen molar-refractivity contribution in [1.82, 2.24) is 4.90 Å². The highest BCUT2D eigenvalue weighted by Crippen LogP contribution is 2.20. The third-order valence-electron chi connectivity index (χ3n) is 4.70. The first kappa shape index (κ1) is 20.6. The topological polar surface area (TPSA) is 122 Å². The Kier molecular flexibility index (Phi) is 6.79. The SMILES string of the molecule is N#C/C(=N\Nc1ccc(N2CCN(C(=O)C=Cc3ccccc3)CC2)cc1)C(=N)N. The highest BCUT2D eigenvalue weighted by Gasteiger charge is 2.19. The fraction of sp³-hybridized carbons (Fsp3) is 0.182. The number of anilines is 2. The third kappa shape index (κ3) is 5.45. The minimum absolute atomic E-state index is 0.0229. The molecule has 2 aromatic carbocycles. The number of piperazine rings is 1. The van der Waals surface area contributed by atoms with E-state index in [1.807, 2.05) is 65.6 Å². The summed E-state index contributed by atoms with van der Waals surface area (Å²) in [5.74, 6) is -0.359. The molecular formula is C22H23N7O. The first-order valence-corrected chi connectivity index (χ1v) is 9.52. The lowest BCUT2D eigenvalue weighted by molar-refractivity contribution is -0.126. The van der Waals surface area contributed by atoms with Gasteiger partial charge in [-0.25, -0.2) is 0 Å². The van der Waals surface area contributed by atoms with Gasteiger partial charge in [-0.3, -0.25) is 15.6 Å². The third-order valence-corrected chi connectivity index (χ3v) is 4.70. The molecule has 0 aromatic heterocycles. The summed E-state index contributed by atoms with van der Waals surface area (Å²) >= 11 is 0. The van der Waals surface area contributed by atoms with Crippen molar-refractivity contribution in [3.63, 3.8) is 0 Å². The number of hydrogen-bond acceptors (Lipinski definition) is 6. The number of carbonyl (C=O) groups is 1. The number of amides is 1. The maximum Gasteiger partial charge on any atom is 0.246 e. The van der Waals surface area contributed by atoms with E-state index in [4.69, 9.17) is 16.4 Å². The van der Waals surface area contributed by atoms with Crippen LogP contribution in [0.5, 0.6) is 0 Å². The molecule has 0 radical (unpaired) electrons. The lowest BCUT2D eigenvalue weighted by Gasteiger charge is -2.35. The minimum atomic E-state index is -0.382. The van der Waals surface area contributed by atoms with E-state index in [0.29, 0.717) is 18.8 Å². The summed E-state index contributed by atoms with van der Waals surface area (Å²) in [5, 5.41) is 19.9. The lowest BCUT2D eigenvalue weighted by Crippen LogP contribution is -2.48. The maximum atomic E-state index is 12.4. The normalized spacial score (nSPS) is 14.4. The van der Waals surface area contributed by atoms with E-state index in [0.717, 1.165) is 24.3 Å². The van der Waals surface area contributed by atoms with Gasteiger partial charge in [-0.1, -0.05) is 30.3 Å². The van der Waals surface area contributed by atoms with Crippen molar-refractivity contribution >= 4 is 34.9 Å². The van der Waals surface area contributed by atoms with E-state index in [1.165, 1.54) is 0 Å². The van der Waals surface area contributed by atoms with Crippen molar-refractivity contribution in [1.29, 1.82) is 10.7 Å². The zero-order valence-electron chi connectivity index (χ0n) is 16.5. The minimum Gasteiger partial charge on any atom is -0.382 e. The molecule has 8 heteroatoms. The number of nitriles is 1. The molecule has 0 saturated carbocycles. The van der Waals surface area contributed by atoms with E-state index in [-0.39, 0.29) is 17.5 Å². The highest BCUT2D eigenvalue weighted by atomic mass is 16.2. The quantitative estimate of drug-likeness (QED) is 0.297. The number of amidine groups is 1. The van der Waals surface area contributed by atoms with Gasteiger partial charge in [-0.2, -0.15) is 10.4 Å². The van der Waals surface area contributed by atoms with Crippen LogP contribution < -0.4 is 16.1 Å². The summed E-state index contributed by atoms with van der Waals surface area (Å²) in [6.45, 7) is 2.82. The Morgan fingerprint density at radius 3 is 2.37 bits per heavy atom. The van der Waals surface area contributed by atoms with Crippen LogP contribution in [0.4, 0.5) is 11.4 Å². The number of hydrazone groups is 1. The number of hydrogen-bond donors (Lipinski definition) is 3. The fourth-order valence-corrected chi connectivity index (χ4v) is 3.03. The molecule has 0 bridgehead atoms. The highest BCUT2D eigenvalue weighted by molar-refractivity contribution is 6.45. The summed E-state index contributed by atoms with van der Waals surface area (Å²) in [5.41, 5.74) is 10.6. The molecule has 8 nitrogen and oxygen atoms in total. The van der Waals surface area contributed by atoms with Crippen molar-refractivity contribution < 1.29 is 4.79 Å². The zero-order valence-corrected chi connectivity index (χ0v) is 16.5. The molecule has 0 aliphatic carbocycles. The molecule has 0 atom stereocenters. The van der Waals surface area contributed by atoms with Crippen LogP contribution in [0.25, 0.3) is 6.08 Å². The average Bonchev–Trinajstić information content (AvgIpc) is 2.79. The molecule has 152 valence electrons. The van der Waals surface area contributed by atoms with E-state index in [1.54, 1.807) is 12.1 Å². The summed E-state index contributed by atoms with van der Waals surface area (Å²) in [4.78, 5) is 16.5. The number of rotatable bonds is 6. The Balaban J connectivity index is 1.52. The van der Waals surface area contributed by atoms with Gasteiger partial charge in [0.25, 0.3) is 0 Å². The smallest absolute Gasteiger partial charge is 0.246 e. The molecule has 1 amide bonds. The second-order valence-electron chi connectivity index (χ2n) is 6.70. The molecule has 1 aliphatic heterocycles. The van der Waals surface area contributed by atoms with Crippen LogP contribution in [0, 0.1) is 16.7 Å². The Labute approximate surface area is 175 Å². The molecule has 2 aromatic rings. The predicted octanol–water partition coefficient (Wildman–Crippen LogP) is 2.28. The lowest BCUT2D eigenvalue weighted by atomic mass is 10.2. The number of nitrogens with zero attached hydrogens (tertiary/aromatic N) is 4. The van der Waals surface area contributed by atoms with Crippen LogP contribution in [0.15, 0.2) is 65.8 Å². The summed E-state index contributed by atoms with van der Waals surface area (Å²) in [6.07, 6.45) is 3.47. The van der Waals surface area contributed by atoms with E-state index in [2.05, 4.69) is 15.4 Å². The van der Waals surface area contributed by atoms with Gasteiger partial charge in [-0.05, 0) is 35.9 Å². The second kappa shape index (κ2) is 9.89. The van der Waals surface area contributed by atoms with E-state index in [9.17, 15) is 4.79 Å². The van der Waals surface area contributed by atoms with Gasteiger partial charge in [0.15, 0.2) is 5.84 Å². The van der Waals surface area contributed by atoms with Gasteiger partial charge >= 0.3 is 0 Å². The molecule has 4 N–H and O–H groups in total. The molecule has 1 fully saturated rings. The van der Waals surface area contributed by atoms with Gasteiger partial charge in [0.1, 0.15) is 6.07 Å². The molecule has 1 heterocycles. The molecule has 0 spiro atoms. The number of benzene rings is 2.